The Kier molecular flexibility index (Phi) is 5.11. The number of aromatic nitrogens is 2. The molecule has 0 aliphatic carbocycles. The fraction of sp³-hybridized carbons (Fsp3) is 0.450. The SMILES string of the molecule is CCCc1ccc(N2CC(C(=O)Nc3c(C)nn(C)c3C)CC2=O)cc1. The van der Waals surface area contributed by atoms with Gasteiger partial charge in [-0.25, -0.2) is 0 Å². The molecule has 1 N–H and O–H groups in total. The number of carbonyl (C=O) groups is 2. The van der Waals surface area contributed by atoms with Gasteiger partial charge in [-0.1, -0.05) is 25.5 Å². The minimum atomic E-state index is -0.350. The summed E-state index contributed by atoms with van der Waals surface area (Å²) in [6.07, 6.45) is 2.36. The summed E-state index contributed by atoms with van der Waals surface area (Å²) in [6, 6.07) is 8.06. The molecule has 6 nitrogen and oxygen atoms in total. The second-order valence-corrected chi connectivity index (χ2v) is 6.98. The number of benzene rings is 1. The van der Waals surface area contributed by atoms with Crippen molar-refractivity contribution < 1.29 is 9.59 Å². The summed E-state index contributed by atoms with van der Waals surface area (Å²) in [5.74, 6) is -0.479. The summed E-state index contributed by atoms with van der Waals surface area (Å²) in [5, 5.41) is 7.27. The zero-order valence-electron chi connectivity index (χ0n) is 15.9. The van der Waals surface area contributed by atoms with E-state index in [-0.39, 0.29) is 24.2 Å². The lowest BCUT2D eigenvalue weighted by Gasteiger charge is -2.17. The van der Waals surface area contributed by atoms with Gasteiger partial charge in [0.1, 0.15) is 0 Å². The first-order valence-corrected chi connectivity index (χ1v) is 9.11. The maximum absolute atomic E-state index is 12.7. The number of amides is 2. The standard InChI is InChI=1S/C20H26N4O2/c1-5-6-15-7-9-17(10-8-15)24-12-16(11-18(24)25)20(26)21-19-13(2)22-23(4)14(19)3/h7-10,16H,5-6,11-12H2,1-4H3,(H,21,26). The Morgan fingerprint density at radius 2 is 1.96 bits per heavy atom. The number of hydrogen-bond acceptors (Lipinski definition) is 3. The van der Waals surface area contributed by atoms with E-state index in [1.165, 1.54) is 5.56 Å². The quantitative estimate of drug-likeness (QED) is 0.897. The van der Waals surface area contributed by atoms with Gasteiger partial charge in [0.05, 0.1) is 23.0 Å². The van der Waals surface area contributed by atoms with Crippen molar-refractivity contribution in [3.05, 3.63) is 41.2 Å². The molecular weight excluding hydrogens is 328 g/mol. The number of hydrogen-bond donors (Lipinski definition) is 1. The van der Waals surface area contributed by atoms with Gasteiger partial charge in [0.25, 0.3) is 0 Å². The molecule has 2 amide bonds. The molecular formula is C20H26N4O2. The molecule has 1 aliphatic heterocycles. The molecule has 1 unspecified atom stereocenters. The number of carbonyl (C=O) groups excluding carboxylic acids is 2. The van der Waals surface area contributed by atoms with E-state index in [1.54, 1.807) is 9.58 Å². The van der Waals surface area contributed by atoms with E-state index in [0.29, 0.717) is 6.54 Å². The maximum Gasteiger partial charge on any atom is 0.229 e. The average molecular weight is 354 g/mol. The molecule has 0 radical (unpaired) electrons. The zero-order chi connectivity index (χ0) is 18.8. The number of anilines is 2. The van der Waals surface area contributed by atoms with Crippen LogP contribution in [-0.4, -0.2) is 28.1 Å². The van der Waals surface area contributed by atoms with Gasteiger partial charge in [-0.05, 0) is 38.0 Å². The van der Waals surface area contributed by atoms with Crippen molar-refractivity contribution in [2.45, 2.75) is 40.0 Å². The van der Waals surface area contributed by atoms with Crippen LogP contribution in [0.5, 0.6) is 0 Å². The predicted molar refractivity (Wildman–Crippen MR) is 102 cm³/mol. The molecule has 2 aromatic rings. The largest absolute Gasteiger partial charge is 0.323 e. The summed E-state index contributed by atoms with van der Waals surface area (Å²) in [6.45, 7) is 6.34. The van der Waals surface area contributed by atoms with Crippen LogP contribution in [0.4, 0.5) is 11.4 Å². The van der Waals surface area contributed by atoms with Gasteiger partial charge >= 0.3 is 0 Å². The summed E-state index contributed by atoms with van der Waals surface area (Å²) in [4.78, 5) is 26.8. The minimum absolute atomic E-state index is 0.00646. The van der Waals surface area contributed by atoms with Crippen molar-refractivity contribution in [1.29, 1.82) is 0 Å². The highest BCUT2D eigenvalue weighted by Crippen LogP contribution is 2.27. The van der Waals surface area contributed by atoms with Crippen molar-refractivity contribution in [2.24, 2.45) is 13.0 Å². The van der Waals surface area contributed by atoms with Gasteiger partial charge < -0.3 is 10.2 Å². The highest BCUT2D eigenvalue weighted by atomic mass is 16.2. The van der Waals surface area contributed by atoms with Crippen molar-refractivity contribution in [1.82, 2.24) is 9.78 Å². The van der Waals surface area contributed by atoms with E-state index in [2.05, 4.69) is 29.5 Å². The Balaban J connectivity index is 1.69. The van der Waals surface area contributed by atoms with Gasteiger partial charge in [-0.3, -0.25) is 14.3 Å². The van der Waals surface area contributed by atoms with Crippen LogP contribution in [0.25, 0.3) is 0 Å². The molecule has 1 aromatic heterocycles. The van der Waals surface area contributed by atoms with Crippen LogP contribution >= 0.6 is 0 Å². The summed E-state index contributed by atoms with van der Waals surface area (Å²) in [5.41, 5.74) is 4.56. The normalized spacial score (nSPS) is 17.0. The van der Waals surface area contributed by atoms with Crippen LogP contribution < -0.4 is 10.2 Å². The van der Waals surface area contributed by atoms with E-state index in [4.69, 9.17) is 0 Å². The third-order valence-corrected chi connectivity index (χ3v) is 5.04. The highest BCUT2D eigenvalue weighted by Gasteiger charge is 2.35. The molecule has 0 saturated carbocycles. The fourth-order valence-corrected chi connectivity index (χ4v) is 3.44. The van der Waals surface area contributed by atoms with Crippen LogP contribution in [0.3, 0.4) is 0 Å². The molecule has 1 saturated heterocycles. The first-order chi connectivity index (χ1) is 12.4. The van der Waals surface area contributed by atoms with Crippen LogP contribution in [0, 0.1) is 19.8 Å². The molecule has 1 fully saturated rings. The third-order valence-electron chi connectivity index (χ3n) is 5.04. The Hall–Kier alpha value is -2.63. The van der Waals surface area contributed by atoms with Gasteiger partial charge in [0, 0.05) is 25.7 Å². The van der Waals surface area contributed by atoms with Crippen molar-refractivity contribution >= 4 is 23.2 Å². The Labute approximate surface area is 154 Å². The van der Waals surface area contributed by atoms with Crippen molar-refractivity contribution in [3.8, 4) is 0 Å². The lowest BCUT2D eigenvalue weighted by molar-refractivity contribution is -0.122. The Bertz CT molecular complexity index is 823. The van der Waals surface area contributed by atoms with E-state index in [9.17, 15) is 9.59 Å². The monoisotopic (exact) mass is 354 g/mol. The molecule has 1 atom stereocenters. The summed E-state index contributed by atoms with van der Waals surface area (Å²) >= 11 is 0. The van der Waals surface area contributed by atoms with E-state index in [0.717, 1.165) is 35.6 Å². The molecule has 138 valence electrons. The smallest absolute Gasteiger partial charge is 0.229 e. The van der Waals surface area contributed by atoms with Crippen LogP contribution in [0.15, 0.2) is 24.3 Å². The molecule has 0 bridgehead atoms. The van der Waals surface area contributed by atoms with Crippen molar-refractivity contribution in [3.63, 3.8) is 0 Å². The van der Waals surface area contributed by atoms with Crippen LogP contribution in [-0.2, 0) is 23.1 Å². The Morgan fingerprint density at radius 1 is 1.27 bits per heavy atom. The van der Waals surface area contributed by atoms with Crippen LogP contribution in [0.2, 0.25) is 0 Å². The predicted octanol–water partition coefficient (Wildman–Crippen LogP) is 2.98. The second-order valence-electron chi connectivity index (χ2n) is 6.98. The first-order valence-electron chi connectivity index (χ1n) is 9.11. The van der Waals surface area contributed by atoms with E-state index >= 15 is 0 Å². The molecule has 1 aromatic carbocycles. The topological polar surface area (TPSA) is 67.2 Å². The lowest BCUT2D eigenvalue weighted by atomic mass is 10.1. The van der Waals surface area contributed by atoms with Gasteiger partial charge in [0.2, 0.25) is 11.8 Å². The van der Waals surface area contributed by atoms with E-state index < -0.39 is 0 Å². The number of nitrogens with one attached hydrogen (secondary N) is 1. The van der Waals surface area contributed by atoms with Gasteiger partial charge in [0.15, 0.2) is 0 Å². The molecule has 3 rings (SSSR count). The maximum atomic E-state index is 12.7. The zero-order valence-corrected chi connectivity index (χ0v) is 15.9. The number of rotatable bonds is 5. The molecule has 1 aliphatic rings. The molecule has 2 heterocycles. The Morgan fingerprint density at radius 3 is 2.54 bits per heavy atom. The number of nitrogens with zero attached hydrogens (tertiary/aromatic N) is 3. The first kappa shape index (κ1) is 18.2. The number of aryl methyl sites for hydroxylation is 3. The molecule has 0 spiro atoms. The summed E-state index contributed by atoms with van der Waals surface area (Å²) in [7, 11) is 1.85. The fourth-order valence-electron chi connectivity index (χ4n) is 3.44. The van der Waals surface area contributed by atoms with Crippen molar-refractivity contribution in [2.75, 3.05) is 16.8 Å². The van der Waals surface area contributed by atoms with E-state index in [1.807, 2.05) is 33.0 Å². The minimum Gasteiger partial charge on any atom is -0.323 e. The average Bonchev–Trinajstić information content (AvgIpc) is 3.11. The van der Waals surface area contributed by atoms with Gasteiger partial charge in [-0.2, -0.15) is 5.10 Å². The highest BCUT2D eigenvalue weighted by molar-refractivity contribution is 6.03. The second kappa shape index (κ2) is 7.32. The summed E-state index contributed by atoms with van der Waals surface area (Å²) < 4.78 is 1.74. The van der Waals surface area contributed by atoms with Crippen LogP contribution in [0.1, 0.15) is 36.7 Å². The molecule has 26 heavy (non-hydrogen) atoms. The van der Waals surface area contributed by atoms with Gasteiger partial charge in [-0.15, -0.1) is 0 Å². The molecule has 6 heteroatoms. The lowest BCUT2D eigenvalue weighted by Crippen LogP contribution is -2.28. The third kappa shape index (κ3) is 3.49.